The van der Waals surface area contributed by atoms with Crippen molar-refractivity contribution in [3.63, 3.8) is 0 Å². The highest BCUT2D eigenvalue weighted by Crippen LogP contribution is 2.34. The molecule has 1 aromatic heterocycles. The minimum Gasteiger partial charge on any atom is -0.364 e. The van der Waals surface area contributed by atoms with Gasteiger partial charge in [0.2, 0.25) is 6.41 Å². The van der Waals surface area contributed by atoms with Gasteiger partial charge in [0.1, 0.15) is 17.1 Å². The molecule has 182 valence electrons. The zero-order chi connectivity index (χ0) is 24.3. The van der Waals surface area contributed by atoms with Gasteiger partial charge in [-0.05, 0) is 31.4 Å². The SMILES string of the molecule is CCC1(NC=O)CCN(CC2CN(c3ccc(C#N)c4nccnc34)CC(C(F)(F)F)O2)CC1. The number of likely N-dealkylation sites (tertiary alicyclic amines) is 1. The van der Waals surface area contributed by atoms with E-state index in [1.807, 2.05) is 6.92 Å². The first-order chi connectivity index (χ1) is 16.3. The van der Waals surface area contributed by atoms with Crippen LogP contribution in [-0.2, 0) is 9.53 Å². The lowest BCUT2D eigenvalue weighted by Crippen LogP contribution is -2.58. The van der Waals surface area contributed by atoms with E-state index in [0.29, 0.717) is 41.9 Å². The number of carbonyl (C=O) groups excluding carboxylic acids is 1. The molecular weight excluding hydrogens is 449 g/mol. The quantitative estimate of drug-likeness (QED) is 0.641. The number of rotatable bonds is 6. The Balaban J connectivity index is 1.55. The second kappa shape index (κ2) is 9.72. The van der Waals surface area contributed by atoms with E-state index in [2.05, 4.69) is 26.3 Å². The van der Waals surface area contributed by atoms with Gasteiger partial charge >= 0.3 is 6.18 Å². The lowest BCUT2D eigenvalue weighted by Gasteiger charge is -2.44. The van der Waals surface area contributed by atoms with Crippen molar-refractivity contribution >= 4 is 23.1 Å². The lowest BCUT2D eigenvalue weighted by atomic mass is 9.85. The topological polar surface area (TPSA) is 94.4 Å². The highest BCUT2D eigenvalue weighted by Gasteiger charge is 2.46. The monoisotopic (exact) mass is 476 g/mol. The van der Waals surface area contributed by atoms with Gasteiger partial charge in [0, 0.05) is 44.1 Å². The molecule has 2 aliphatic rings. The van der Waals surface area contributed by atoms with Crippen LogP contribution in [0.1, 0.15) is 31.7 Å². The van der Waals surface area contributed by atoms with E-state index in [0.717, 1.165) is 25.7 Å². The third kappa shape index (κ3) is 4.93. The molecule has 2 saturated heterocycles. The van der Waals surface area contributed by atoms with Crippen molar-refractivity contribution in [1.29, 1.82) is 5.26 Å². The number of halogens is 3. The number of alkyl halides is 3. The molecule has 0 spiro atoms. The van der Waals surface area contributed by atoms with Gasteiger partial charge < -0.3 is 19.9 Å². The molecule has 1 amide bonds. The maximum atomic E-state index is 13.8. The Labute approximate surface area is 195 Å². The number of amides is 1. The minimum atomic E-state index is -4.52. The summed E-state index contributed by atoms with van der Waals surface area (Å²) in [4.78, 5) is 23.3. The summed E-state index contributed by atoms with van der Waals surface area (Å²) >= 11 is 0. The zero-order valence-electron chi connectivity index (χ0n) is 18.9. The van der Waals surface area contributed by atoms with Crippen LogP contribution < -0.4 is 10.2 Å². The van der Waals surface area contributed by atoms with Crippen LogP contribution in [0.25, 0.3) is 11.0 Å². The molecule has 11 heteroatoms. The molecule has 1 N–H and O–H groups in total. The molecular formula is C23H27F3N6O2. The fraction of sp³-hybridized carbons (Fsp3) is 0.565. The molecule has 0 radical (unpaired) electrons. The number of morpholine rings is 1. The van der Waals surface area contributed by atoms with E-state index >= 15 is 0 Å². The Morgan fingerprint density at radius 3 is 2.56 bits per heavy atom. The number of piperidine rings is 1. The highest BCUT2D eigenvalue weighted by atomic mass is 19.4. The summed E-state index contributed by atoms with van der Waals surface area (Å²) < 4.78 is 46.8. The van der Waals surface area contributed by atoms with Crippen molar-refractivity contribution < 1.29 is 22.7 Å². The smallest absolute Gasteiger partial charge is 0.364 e. The average molecular weight is 477 g/mol. The molecule has 0 aliphatic carbocycles. The molecule has 34 heavy (non-hydrogen) atoms. The Morgan fingerprint density at radius 2 is 1.94 bits per heavy atom. The third-order valence-electron chi connectivity index (χ3n) is 6.91. The van der Waals surface area contributed by atoms with Crippen LogP contribution in [-0.4, -0.2) is 77.9 Å². The maximum Gasteiger partial charge on any atom is 0.416 e. The summed E-state index contributed by atoms with van der Waals surface area (Å²) in [5, 5.41) is 12.3. The summed E-state index contributed by atoms with van der Waals surface area (Å²) in [7, 11) is 0. The summed E-state index contributed by atoms with van der Waals surface area (Å²) in [6, 6.07) is 5.25. The van der Waals surface area contributed by atoms with Crippen LogP contribution >= 0.6 is 0 Å². The zero-order valence-corrected chi connectivity index (χ0v) is 18.9. The van der Waals surface area contributed by atoms with Crippen molar-refractivity contribution in [3.8, 4) is 6.07 Å². The number of hydrogen-bond donors (Lipinski definition) is 1. The van der Waals surface area contributed by atoms with Crippen molar-refractivity contribution in [2.75, 3.05) is 37.6 Å². The van der Waals surface area contributed by atoms with Crippen molar-refractivity contribution in [3.05, 3.63) is 30.1 Å². The molecule has 1 aromatic carbocycles. The van der Waals surface area contributed by atoms with Gasteiger partial charge in [0.05, 0.1) is 23.9 Å². The third-order valence-corrected chi connectivity index (χ3v) is 6.91. The lowest BCUT2D eigenvalue weighted by molar-refractivity contribution is -0.237. The van der Waals surface area contributed by atoms with Crippen molar-refractivity contribution in [2.45, 2.75) is 50.1 Å². The van der Waals surface area contributed by atoms with E-state index in [4.69, 9.17) is 4.74 Å². The van der Waals surface area contributed by atoms with Gasteiger partial charge in [-0.3, -0.25) is 14.8 Å². The summed E-state index contributed by atoms with van der Waals surface area (Å²) in [6.45, 7) is 3.59. The summed E-state index contributed by atoms with van der Waals surface area (Å²) in [5.41, 5.74) is 1.33. The molecule has 0 bridgehead atoms. The fourth-order valence-electron chi connectivity index (χ4n) is 4.88. The Hall–Kier alpha value is -2.97. The van der Waals surface area contributed by atoms with Crippen LogP contribution in [0.15, 0.2) is 24.5 Å². The van der Waals surface area contributed by atoms with Crippen molar-refractivity contribution in [2.24, 2.45) is 0 Å². The van der Waals surface area contributed by atoms with Gasteiger partial charge in [-0.25, -0.2) is 0 Å². The number of aromatic nitrogens is 2. The van der Waals surface area contributed by atoms with Crippen LogP contribution in [0.5, 0.6) is 0 Å². The molecule has 2 aliphatic heterocycles. The first-order valence-electron chi connectivity index (χ1n) is 11.3. The number of nitrogens with one attached hydrogen (secondary N) is 1. The standard InChI is InChI=1S/C23H27F3N6O2/c1-2-22(30-15-33)5-9-31(10-6-22)12-17-13-32(14-19(34-17)23(24,25)26)18-4-3-16(11-27)20-21(18)29-8-7-28-20/h3-4,7-8,15,17,19H,2,5-6,9-10,12-14H2,1H3,(H,30,33). The maximum absolute atomic E-state index is 13.8. The summed E-state index contributed by atoms with van der Waals surface area (Å²) in [6.07, 6.45) is -1.21. The molecule has 4 rings (SSSR count). The number of benzene rings is 1. The number of carbonyl (C=O) groups is 1. The van der Waals surface area contributed by atoms with E-state index in [1.54, 1.807) is 17.0 Å². The van der Waals surface area contributed by atoms with E-state index in [1.165, 1.54) is 12.4 Å². The van der Waals surface area contributed by atoms with Gasteiger partial charge in [-0.15, -0.1) is 0 Å². The molecule has 2 atom stereocenters. The number of ether oxygens (including phenoxy) is 1. The van der Waals surface area contributed by atoms with Crippen molar-refractivity contribution in [1.82, 2.24) is 20.2 Å². The van der Waals surface area contributed by atoms with E-state index in [-0.39, 0.29) is 18.6 Å². The molecule has 0 saturated carbocycles. The normalized spacial score (nSPS) is 23.4. The molecule has 2 aromatic rings. The molecule has 3 heterocycles. The number of fused-ring (bicyclic) bond motifs is 1. The van der Waals surface area contributed by atoms with Gasteiger partial charge in [-0.1, -0.05) is 6.92 Å². The molecule has 8 nitrogen and oxygen atoms in total. The molecule has 2 fully saturated rings. The number of nitriles is 1. The van der Waals surface area contributed by atoms with Gasteiger partial charge in [-0.2, -0.15) is 18.4 Å². The van der Waals surface area contributed by atoms with Crippen LogP contribution in [0, 0.1) is 11.3 Å². The van der Waals surface area contributed by atoms with Gasteiger partial charge in [0.25, 0.3) is 0 Å². The van der Waals surface area contributed by atoms with E-state index in [9.17, 15) is 23.2 Å². The van der Waals surface area contributed by atoms with Gasteiger partial charge in [0.15, 0.2) is 6.10 Å². The number of anilines is 1. The minimum absolute atomic E-state index is 0.256. The Morgan fingerprint density at radius 1 is 1.24 bits per heavy atom. The Kier molecular flexibility index (Phi) is 6.91. The highest BCUT2D eigenvalue weighted by molar-refractivity contribution is 5.92. The first kappa shape index (κ1) is 24.2. The predicted octanol–water partition coefficient (Wildman–Crippen LogP) is 2.63. The largest absolute Gasteiger partial charge is 0.416 e. The second-order valence-corrected chi connectivity index (χ2v) is 8.89. The summed E-state index contributed by atoms with van der Waals surface area (Å²) in [5.74, 6) is 0. The fourth-order valence-corrected chi connectivity index (χ4v) is 4.88. The Bertz CT molecular complexity index is 1060. The first-order valence-corrected chi connectivity index (χ1v) is 11.3. The van der Waals surface area contributed by atoms with Crippen LogP contribution in [0.4, 0.5) is 18.9 Å². The van der Waals surface area contributed by atoms with Crippen LogP contribution in [0.3, 0.4) is 0 Å². The number of hydrogen-bond acceptors (Lipinski definition) is 7. The second-order valence-electron chi connectivity index (χ2n) is 8.89. The predicted molar refractivity (Wildman–Crippen MR) is 119 cm³/mol. The van der Waals surface area contributed by atoms with E-state index < -0.39 is 18.4 Å². The number of nitrogens with zero attached hydrogens (tertiary/aromatic N) is 5. The average Bonchev–Trinajstić information content (AvgIpc) is 2.84. The molecule has 2 unspecified atom stereocenters. The van der Waals surface area contributed by atoms with Crippen LogP contribution in [0.2, 0.25) is 0 Å².